The lowest BCUT2D eigenvalue weighted by Gasteiger charge is -2.16. The molecule has 0 saturated carbocycles. The maximum absolute atomic E-state index is 12.6. The Balaban J connectivity index is 1.74. The third-order valence-corrected chi connectivity index (χ3v) is 6.29. The van der Waals surface area contributed by atoms with Crippen LogP contribution in [-0.2, 0) is 14.8 Å². The molecular formula is C21H19NO7S. The van der Waals surface area contributed by atoms with E-state index in [1.54, 1.807) is 13.0 Å². The average Bonchev–Trinajstić information content (AvgIpc) is 2.67. The first-order valence-corrected chi connectivity index (χ1v) is 10.3. The number of benzene rings is 2. The highest BCUT2D eigenvalue weighted by atomic mass is 32.2. The minimum atomic E-state index is -3.95. The first-order chi connectivity index (χ1) is 14.1. The number of hydrogen-bond donors (Lipinski definition) is 0. The van der Waals surface area contributed by atoms with Crippen molar-refractivity contribution in [3.8, 4) is 5.75 Å². The SMILES string of the molecule is CC(=O)c1ccc(S(=O)(=O)N(C)CC(=O)Oc2ccc3c(C)cc(=O)oc3c2)cc1. The van der Waals surface area contributed by atoms with Gasteiger partial charge in [0.2, 0.25) is 10.0 Å². The highest BCUT2D eigenvalue weighted by molar-refractivity contribution is 7.89. The number of ether oxygens (including phenoxy) is 1. The Morgan fingerprint density at radius 1 is 1.07 bits per heavy atom. The molecule has 3 aromatic rings. The zero-order chi connectivity index (χ0) is 22.1. The van der Waals surface area contributed by atoms with E-state index < -0.39 is 28.2 Å². The highest BCUT2D eigenvalue weighted by Crippen LogP contribution is 2.22. The number of hydrogen-bond acceptors (Lipinski definition) is 7. The number of carbonyl (C=O) groups excluding carboxylic acids is 2. The molecule has 0 aliphatic rings. The molecule has 0 atom stereocenters. The largest absolute Gasteiger partial charge is 0.425 e. The molecule has 0 amide bonds. The second-order valence-corrected chi connectivity index (χ2v) is 8.77. The van der Waals surface area contributed by atoms with Crippen molar-refractivity contribution in [3.63, 3.8) is 0 Å². The van der Waals surface area contributed by atoms with Gasteiger partial charge < -0.3 is 9.15 Å². The molecule has 3 rings (SSSR count). The number of esters is 1. The predicted molar refractivity (Wildman–Crippen MR) is 109 cm³/mol. The summed E-state index contributed by atoms with van der Waals surface area (Å²) in [7, 11) is -2.71. The monoisotopic (exact) mass is 429 g/mol. The normalized spacial score (nSPS) is 11.6. The van der Waals surface area contributed by atoms with Crippen LogP contribution >= 0.6 is 0 Å². The van der Waals surface area contributed by atoms with Gasteiger partial charge in [-0.1, -0.05) is 12.1 Å². The standard InChI is InChI=1S/C21H19NO7S/c1-13-10-20(24)29-19-11-16(6-9-18(13)19)28-21(25)12-22(3)30(26,27)17-7-4-15(5-8-17)14(2)23/h4-11H,12H2,1-3H3. The van der Waals surface area contributed by atoms with Gasteiger partial charge in [0.25, 0.3) is 0 Å². The number of ketones is 1. The summed E-state index contributed by atoms with van der Waals surface area (Å²) < 4.78 is 36.4. The van der Waals surface area contributed by atoms with Crippen molar-refractivity contribution in [3.05, 3.63) is 70.1 Å². The number of fused-ring (bicyclic) bond motifs is 1. The molecule has 0 N–H and O–H groups in total. The molecule has 0 aliphatic carbocycles. The Kier molecular flexibility index (Phi) is 5.86. The van der Waals surface area contributed by atoms with E-state index in [9.17, 15) is 22.8 Å². The molecule has 0 bridgehead atoms. The number of likely N-dealkylation sites (N-methyl/N-ethyl adjacent to an activating group) is 1. The van der Waals surface area contributed by atoms with Crippen LogP contribution < -0.4 is 10.4 Å². The van der Waals surface area contributed by atoms with Crippen LogP contribution in [0.4, 0.5) is 0 Å². The molecule has 9 heteroatoms. The molecule has 0 saturated heterocycles. The van der Waals surface area contributed by atoms with Crippen LogP contribution in [0.2, 0.25) is 0 Å². The molecule has 2 aromatic carbocycles. The van der Waals surface area contributed by atoms with Gasteiger partial charge in [0.1, 0.15) is 17.9 Å². The van der Waals surface area contributed by atoms with Gasteiger partial charge in [-0.05, 0) is 43.7 Å². The third-order valence-electron chi connectivity index (χ3n) is 4.48. The topological polar surface area (TPSA) is 111 Å². The zero-order valence-electron chi connectivity index (χ0n) is 16.5. The second kappa shape index (κ2) is 8.21. The van der Waals surface area contributed by atoms with Crippen LogP contribution in [0, 0.1) is 6.92 Å². The number of aryl methyl sites for hydroxylation is 1. The highest BCUT2D eigenvalue weighted by Gasteiger charge is 2.24. The van der Waals surface area contributed by atoms with Crippen LogP contribution in [0.25, 0.3) is 11.0 Å². The van der Waals surface area contributed by atoms with Crippen molar-refractivity contribution in [1.82, 2.24) is 4.31 Å². The van der Waals surface area contributed by atoms with E-state index in [0.29, 0.717) is 10.9 Å². The fraction of sp³-hybridized carbons (Fsp3) is 0.190. The summed E-state index contributed by atoms with van der Waals surface area (Å²) in [6.07, 6.45) is 0. The Bertz CT molecular complexity index is 1290. The molecule has 1 heterocycles. The van der Waals surface area contributed by atoms with Gasteiger partial charge in [-0.3, -0.25) is 9.59 Å². The Morgan fingerprint density at radius 3 is 2.37 bits per heavy atom. The van der Waals surface area contributed by atoms with Crippen LogP contribution in [0.15, 0.2) is 62.6 Å². The second-order valence-electron chi connectivity index (χ2n) is 6.72. The van der Waals surface area contributed by atoms with E-state index in [4.69, 9.17) is 9.15 Å². The first-order valence-electron chi connectivity index (χ1n) is 8.90. The summed E-state index contributed by atoms with van der Waals surface area (Å²) in [5.74, 6) is -0.870. The minimum absolute atomic E-state index is 0.0502. The smallest absolute Gasteiger partial charge is 0.336 e. The van der Waals surface area contributed by atoms with Crippen molar-refractivity contribution in [2.75, 3.05) is 13.6 Å². The molecule has 8 nitrogen and oxygen atoms in total. The number of rotatable bonds is 6. The van der Waals surface area contributed by atoms with Crippen molar-refractivity contribution < 1.29 is 27.2 Å². The number of sulfonamides is 1. The molecule has 156 valence electrons. The maximum atomic E-state index is 12.6. The van der Waals surface area contributed by atoms with E-state index in [-0.39, 0.29) is 22.0 Å². The molecule has 0 spiro atoms. The zero-order valence-corrected chi connectivity index (χ0v) is 17.4. The summed E-state index contributed by atoms with van der Waals surface area (Å²) in [5.41, 5.74) is 0.844. The minimum Gasteiger partial charge on any atom is -0.425 e. The lowest BCUT2D eigenvalue weighted by molar-refractivity contribution is -0.134. The summed E-state index contributed by atoms with van der Waals surface area (Å²) in [4.78, 5) is 35.1. The van der Waals surface area contributed by atoms with E-state index in [2.05, 4.69) is 0 Å². The van der Waals surface area contributed by atoms with Gasteiger partial charge in [0.05, 0.1) is 4.90 Å². The third kappa shape index (κ3) is 4.47. The average molecular weight is 429 g/mol. The molecule has 0 fully saturated rings. The van der Waals surface area contributed by atoms with Crippen molar-refractivity contribution in [2.24, 2.45) is 0 Å². The van der Waals surface area contributed by atoms with Gasteiger partial charge in [0.15, 0.2) is 5.78 Å². The Hall–Kier alpha value is -3.30. The lowest BCUT2D eigenvalue weighted by Crippen LogP contribution is -2.34. The van der Waals surface area contributed by atoms with E-state index in [1.807, 2.05) is 0 Å². The first kappa shape index (κ1) is 21.4. The summed E-state index contributed by atoms with van der Waals surface area (Å²) in [6.45, 7) is 2.60. The quantitative estimate of drug-likeness (QED) is 0.256. The van der Waals surface area contributed by atoms with E-state index >= 15 is 0 Å². The summed E-state index contributed by atoms with van der Waals surface area (Å²) >= 11 is 0. The van der Waals surface area contributed by atoms with Crippen LogP contribution in [0.3, 0.4) is 0 Å². The lowest BCUT2D eigenvalue weighted by atomic mass is 10.1. The number of nitrogens with zero attached hydrogens (tertiary/aromatic N) is 1. The predicted octanol–water partition coefficient (Wildman–Crippen LogP) is 2.53. The van der Waals surface area contributed by atoms with Crippen LogP contribution in [0.5, 0.6) is 5.75 Å². The van der Waals surface area contributed by atoms with Gasteiger partial charge >= 0.3 is 11.6 Å². The maximum Gasteiger partial charge on any atom is 0.336 e. The number of carbonyl (C=O) groups is 2. The Labute approximate surface area is 172 Å². The van der Waals surface area contributed by atoms with Crippen molar-refractivity contribution >= 4 is 32.7 Å². The van der Waals surface area contributed by atoms with Gasteiger partial charge in [-0.2, -0.15) is 4.31 Å². The van der Waals surface area contributed by atoms with Gasteiger partial charge in [0, 0.05) is 30.1 Å². The fourth-order valence-corrected chi connectivity index (χ4v) is 3.96. The van der Waals surface area contributed by atoms with E-state index in [1.165, 1.54) is 56.4 Å². The molecular weight excluding hydrogens is 410 g/mol. The van der Waals surface area contributed by atoms with E-state index in [0.717, 1.165) is 9.87 Å². The fourth-order valence-electron chi connectivity index (χ4n) is 2.84. The van der Waals surface area contributed by atoms with Crippen molar-refractivity contribution in [2.45, 2.75) is 18.7 Å². The molecule has 1 aromatic heterocycles. The molecule has 0 radical (unpaired) electrons. The molecule has 0 aliphatic heterocycles. The summed E-state index contributed by atoms with van der Waals surface area (Å²) in [5, 5.41) is 0.697. The van der Waals surface area contributed by atoms with Crippen molar-refractivity contribution in [1.29, 1.82) is 0 Å². The number of Topliss-reactive ketones (excluding diaryl/α,β-unsaturated/α-hetero) is 1. The van der Waals surface area contributed by atoms with Gasteiger partial charge in [-0.15, -0.1) is 0 Å². The molecule has 0 unspecified atom stereocenters. The van der Waals surface area contributed by atoms with Gasteiger partial charge in [-0.25, -0.2) is 13.2 Å². The van der Waals surface area contributed by atoms with Crippen LogP contribution in [-0.4, -0.2) is 38.1 Å². The Morgan fingerprint density at radius 2 is 1.73 bits per heavy atom. The van der Waals surface area contributed by atoms with Crippen LogP contribution in [0.1, 0.15) is 22.8 Å². The molecule has 30 heavy (non-hydrogen) atoms. The summed E-state index contributed by atoms with van der Waals surface area (Å²) in [6, 6.07) is 11.4.